The monoisotopic (exact) mass is 556 g/mol. The predicted molar refractivity (Wildman–Crippen MR) is 148 cm³/mol. The number of hydrogen-bond donors (Lipinski definition) is 6. The van der Waals surface area contributed by atoms with Gasteiger partial charge in [0.25, 0.3) is 5.91 Å². The number of carbonyl (C=O) groups excluding carboxylic acids is 3. The molecule has 3 aliphatic rings. The van der Waals surface area contributed by atoms with Crippen LogP contribution in [-0.4, -0.2) is 114 Å². The van der Waals surface area contributed by atoms with Crippen molar-refractivity contribution >= 4 is 40.4 Å². The van der Waals surface area contributed by atoms with Crippen LogP contribution in [0.25, 0.3) is 5.76 Å². The van der Waals surface area contributed by atoms with Crippen molar-refractivity contribution in [2.45, 2.75) is 24.5 Å². The second-order valence-electron chi connectivity index (χ2n) is 11.3. The molecule has 0 saturated heterocycles. The number of amides is 1. The standard InChI is InChI=1S/C27H36N6O7/c1-31(2)10-16(28)30-14-9-15(32(3)4)12-7-11-8-13-20(33(5)6)23(36)19(26(29)39)25(38)27(13,40)24(37)17(11)22(35)18(12)21(14)34/h9,11,13,20,34-35,38,40H,7-8,10H2,1-6H3,(H2,28,30)(H2,29,39)/t11?,13?,20-,27-/m0/s1. The molecule has 216 valence electrons. The van der Waals surface area contributed by atoms with Gasteiger partial charge >= 0.3 is 0 Å². The number of phenolic OH excluding ortho intramolecular Hbond substituents is 1. The van der Waals surface area contributed by atoms with Crippen molar-refractivity contribution in [1.82, 2.24) is 9.80 Å². The number of hydrogen-bond acceptors (Lipinski definition) is 11. The molecule has 0 spiro atoms. The highest BCUT2D eigenvalue weighted by Gasteiger charge is 2.64. The lowest BCUT2D eigenvalue weighted by Crippen LogP contribution is -2.65. The SMILES string of the molecule is CN(C)CC(N)=Nc1cc(N(C)C)c2c(c1O)C(O)=C1C(=O)[C@]3(O)C(O)=C(C(N)=O)C(=O)[C@@H](N(C)C)C3CC1C2. The molecule has 4 atom stereocenters. The fraction of sp³-hybridized carbons (Fsp3) is 0.481. The second kappa shape index (κ2) is 9.91. The van der Waals surface area contributed by atoms with Crippen molar-refractivity contribution in [3.63, 3.8) is 0 Å². The number of carbonyl (C=O) groups is 3. The summed E-state index contributed by atoms with van der Waals surface area (Å²) < 4.78 is 0. The molecular weight excluding hydrogens is 520 g/mol. The zero-order chi connectivity index (χ0) is 30.0. The number of Topliss-reactive ketones (excluding diaryl/α,β-unsaturated/α-hetero) is 2. The second-order valence-corrected chi connectivity index (χ2v) is 11.3. The average molecular weight is 557 g/mol. The van der Waals surface area contributed by atoms with Crippen LogP contribution in [0.3, 0.4) is 0 Å². The maximum Gasteiger partial charge on any atom is 0.255 e. The molecular formula is C27H36N6O7. The number of aliphatic hydroxyl groups is 3. The quantitative estimate of drug-likeness (QED) is 0.151. The Morgan fingerprint density at radius 3 is 2.25 bits per heavy atom. The van der Waals surface area contributed by atoms with Crippen LogP contribution in [0, 0.1) is 11.8 Å². The third-order valence-corrected chi connectivity index (χ3v) is 7.90. The number of amidine groups is 1. The molecule has 0 bridgehead atoms. The Morgan fingerprint density at radius 2 is 1.73 bits per heavy atom. The van der Waals surface area contributed by atoms with Gasteiger partial charge in [0, 0.05) is 31.3 Å². The van der Waals surface area contributed by atoms with Gasteiger partial charge in [0.2, 0.25) is 5.78 Å². The van der Waals surface area contributed by atoms with E-state index in [9.17, 15) is 34.8 Å². The van der Waals surface area contributed by atoms with Crippen LogP contribution in [0.4, 0.5) is 11.4 Å². The molecule has 1 amide bonds. The minimum Gasteiger partial charge on any atom is -0.508 e. The van der Waals surface area contributed by atoms with Crippen LogP contribution < -0.4 is 16.4 Å². The molecule has 2 unspecified atom stereocenters. The molecule has 0 aliphatic heterocycles. The highest BCUT2D eigenvalue weighted by Crippen LogP contribution is 2.54. The minimum atomic E-state index is -2.70. The number of ketones is 2. The molecule has 1 saturated carbocycles. The zero-order valence-corrected chi connectivity index (χ0v) is 23.4. The van der Waals surface area contributed by atoms with Gasteiger partial charge in [-0.1, -0.05) is 0 Å². The fourth-order valence-electron chi connectivity index (χ4n) is 6.28. The molecule has 13 nitrogen and oxygen atoms in total. The van der Waals surface area contributed by atoms with Crippen molar-refractivity contribution in [2.75, 3.05) is 53.7 Å². The number of nitrogens with two attached hydrogens (primary N) is 2. The van der Waals surface area contributed by atoms with Gasteiger partial charge < -0.3 is 41.7 Å². The van der Waals surface area contributed by atoms with E-state index < -0.39 is 63.8 Å². The summed E-state index contributed by atoms with van der Waals surface area (Å²) in [7, 11) is 10.3. The molecule has 3 aliphatic carbocycles. The Labute approximate surface area is 231 Å². The van der Waals surface area contributed by atoms with Crippen molar-refractivity contribution in [1.29, 1.82) is 0 Å². The summed E-state index contributed by atoms with van der Waals surface area (Å²) in [5.74, 6) is -6.88. The number of primary amides is 1. The first-order valence-electron chi connectivity index (χ1n) is 12.7. The molecule has 4 rings (SSSR count). The van der Waals surface area contributed by atoms with Crippen LogP contribution in [0.15, 0.2) is 28.0 Å². The number of aliphatic hydroxyl groups excluding tert-OH is 2. The molecule has 8 N–H and O–H groups in total. The van der Waals surface area contributed by atoms with E-state index in [1.165, 1.54) is 4.90 Å². The third-order valence-electron chi connectivity index (χ3n) is 7.90. The van der Waals surface area contributed by atoms with E-state index in [0.717, 1.165) is 0 Å². The Kier molecular flexibility index (Phi) is 7.20. The van der Waals surface area contributed by atoms with Crippen molar-refractivity contribution in [2.24, 2.45) is 28.3 Å². The Balaban J connectivity index is 1.98. The van der Waals surface area contributed by atoms with Gasteiger partial charge in [-0.3, -0.25) is 19.3 Å². The Hall–Kier alpha value is -3.94. The van der Waals surface area contributed by atoms with E-state index in [2.05, 4.69) is 4.99 Å². The number of aliphatic imine (C=N–C) groups is 1. The van der Waals surface area contributed by atoms with Crippen LogP contribution in [0.5, 0.6) is 5.75 Å². The summed E-state index contributed by atoms with van der Waals surface area (Å²) >= 11 is 0. The highest BCUT2D eigenvalue weighted by atomic mass is 16.3. The molecule has 0 heterocycles. The lowest BCUT2D eigenvalue weighted by atomic mass is 9.57. The first-order valence-corrected chi connectivity index (χ1v) is 12.7. The molecule has 1 aromatic rings. The van der Waals surface area contributed by atoms with E-state index in [1.54, 1.807) is 58.2 Å². The van der Waals surface area contributed by atoms with Crippen LogP contribution in [0.1, 0.15) is 17.5 Å². The van der Waals surface area contributed by atoms with E-state index in [-0.39, 0.29) is 35.5 Å². The maximum atomic E-state index is 14.0. The van der Waals surface area contributed by atoms with Crippen molar-refractivity contribution in [3.8, 4) is 5.75 Å². The number of likely N-dealkylation sites (N-methyl/N-ethyl adjacent to an activating group) is 2. The Bertz CT molecular complexity index is 1410. The highest BCUT2D eigenvalue weighted by molar-refractivity contribution is 6.24. The lowest BCUT2D eigenvalue weighted by Gasteiger charge is -2.50. The summed E-state index contributed by atoms with van der Waals surface area (Å²) in [5, 5.41) is 45.5. The summed E-state index contributed by atoms with van der Waals surface area (Å²) in [6.07, 6.45) is 0.182. The number of nitrogens with zero attached hydrogens (tertiary/aromatic N) is 4. The van der Waals surface area contributed by atoms with Gasteiger partial charge in [-0.25, -0.2) is 4.99 Å². The molecule has 1 aromatic carbocycles. The predicted octanol–water partition coefficient (Wildman–Crippen LogP) is -0.420. The number of fused-ring (bicyclic) bond motifs is 3. The van der Waals surface area contributed by atoms with Gasteiger partial charge in [-0.2, -0.15) is 0 Å². The topological polar surface area (TPSA) is 206 Å². The molecule has 13 heteroatoms. The molecule has 0 radical (unpaired) electrons. The number of benzene rings is 1. The Morgan fingerprint density at radius 1 is 1.10 bits per heavy atom. The first kappa shape index (κ1) is 29.1. The number of phenols is 1. The van der Waals surface area contributed by atoms with Crippen molar-refractivity contribution < 1.29 is 34.8 Å². The molecule has 1 fully saturated rings. The van der Waals surface area contributed by atoms with Crippen LogP contribution in [0.2, 0.25) is 0 Å². The smallest absolute Gasteiger partial charge is 0.255 e. The van der Waals surface area contributed by atoms with Gasteiger partial charge in [0.05, 0.1) is 18.2 Å². The summed E-state index contributed by atoms with van der Waals surface area (Å²) in [5.41, 5.74) is 8.82. The summed E-state index contributed by atoms with van der Waals surface area (Å²) in [4.78, 5) is 48.7. The largest absolute Gasteiger partial charge is 0.508 e. The van der Waals surface area contributed by atoms with E-state index in [4.69, 9.17) is 11.5 Å². The normalized spacial score (nSPS) is 26.7. The lowest BCUT2D eigenvalue weighted by molar-refractivity contribution is -0.153. The van der Waals surface area contributed by atoms with E-state index >= 15 is 0 Å². The third kappa shape index (κ3) is 4.21. The van der Waals surface area contributed by atoms with Gasteiger partial charge in [0.15, 0.2) is 17.1 Å². The maximum absolute atomic E-state index is 14.0. The number of anilines is 1. The van der Waals surface area contributed by atoms with Crippen LogP contribution in [-0.2, 0) is 20.8 Å². The average Bonchev–Trinajstić information content (AvgIpc) is 2.81. The summed E-state index contributed by atoms with van der Waals surface area (Å²) in [6, 6.07) is 0.492. The van der Waals surface area contributed by atoms with Crippen LogP contribution >= 0.6 is 0 Å². The zero-order valence-electron chi connectivity index (χ0n) is 23.4. The van der Waals surface area contributed by atoms with E-state index in [1.807, 2.05) is 0 Å². The van der Waals surface area contributed by atoms with E-state index in [0.29, 0.717) is 17.8 Å². The van der Waals surface area contributed by atoms with Gasteiger partial charge in [0.1, 0.15) is 28.6 Å². The summed E-state index contributed by atoms with van der Waals surface area (Å²) in [6.45, 7) is 0.301. The minimum absolute atomic E-state index is 0.00901. The molecule has 40 heavy (non-hydrogen) atoms. The molecule has 0 aromatic heterocycles. The van der Waals surface area contributed by atoms with Crippen molar-refractivity contribution in [3.05, 3.63) is 34.1 Å². The number of aromatic hydroxyl groups is 1. The number of rotatable bonds is 6. The fourth-order valence-corrected chi connectivity index (χ4v) is 6.28. The first-order chi connectivity index (χ1) is 18.5. The van der Waals surface area contributed by atoms with Gasteiger partial charge in [-0.15, -0.1) is 0 Å². The van der Waals surface area contributed by atoms with Gasteiger partial charge in [-0.05, 0) is 58.6 Å².